The fourth-order valence-corrected chi connectivity index (χ4v) is 3.88. The van der Waals surface area contributed by atoms with Crippen molar-refractivity contribution in [3.8, 4) is 5.75 Å². The minimum Gasteiger partial charge on any atom is -0.493 e. The Morgan fingerprint density at radius 2 is 2.00 bits per heavy atom. The molecular formula is C23H27N3O3. The summed E-state index contributed by atoms with van der Waals surface area (Å²) in [4.78, 5) is 10.6. The van der Waals surface area contributed by atoms with Gasteiger partial charge in [0.15, 0.2) is 0 Å². The number of pyridine rings is 2. The molecule has 29 heavy (non-hydrogen) atoms. The maximum atomic E-state index is 10.9. The number of likely N-dealkylation sites (tertiary alicyclic amines) is 1. The largest absolute Gasteiger partial charge is 0.493 e. The highest BCUT2D eigenvalue weighted by Gasteiger charge is 2.35. The first kappa shape index (κ1) is 19.8. The second-order valence-electron chi connectivity index (χ2n) is 7.73. The van der Waals surface area contributed by atoms with Gasteiger partial charge in [-0.25, -0.2) is 0 Å². The van der Waals surface area contributed by atoms with Crippen LogP contribution in [-0.2, 0) is 5.60 Å². The molecule has 0 saturated carbocycles. The van der Waals surface area contributed by atoms with Gasteiger partial charge in [-0.2, -0.15) is 0 Å². The van der Waals surface area contributed by atoms with Crippen LogP contribution in [0.3, 0.4) is 0 Å². The summed E-state index contributed by atoms with van der Waals surface area (Å²) in [6.45, 7) is 3.67. The van der Waals surface area contributed by atoms with Crippen molar-refractivity contribution in [1.82, 2.24) is 14.9 Å². The topological polar surface area (TPSA) is 78.7 Å². The van der Waals surface area contributed by atoms with Crippen molar-refractivity contribution >= 4 is 10.9 Å². The summed E-state index contributed by atoms with van der Waals surface area (Å²) in [6.07, 6.45) is 4.51. The van der Waals surface area contributed by atoms with E-state index in [1.807, 2.05) is 54.3 Å². The van der Waals surface area contributed by atoms with Gasteiger partial charge in [0, 0.05) is 48.5 Å². The molecule has 4 rings (SSSR count). The Kier molecular flexibility index (Phi) is 5.76. The second kappa shape index (κ2) is 8.45. The van der Waals surface area contributed by atoms with Crippen LogP contribution in [0.5, 0.6) is 5.75 Å². The third-order valence-corrected chi connectivity index (χ3v) is 5.69. The number of aliphatic hydroxyl groups excluding tert-OH is 1. The van der Waals surface area contributed by atoms with Crippen molar-refractivity contribution in [3.05, 3.63) is 66.1 Å². The Bertz CT molecular complexity index is 956. The summed E-state index contributed by atoms with van der Waals surface area (Å²) in [6, 6.07) is 13.6. The maximum absolute atomic E-state index is 10.9. The minimum absolute atomic E-state index is 0.426. The number of aromatic nitrogens is 2. The van der Waals surface area contributed by atoms with Crippen LogP contribution >= 0.6 is 0 Å². The molecule has 1 aromatic carbocycles. The number of benzene rings is 1. The molecule has 152 valence electrons. The molecule has 0 amide bonds. The first-order valence-electron chi connectivity index (χ1n) is 10.1. The average molecular weight is 393 g/mol. The summed E-state index contributed by atoms with van der Waals surface area (Å²) in [5.74, 6) is 0.778. The lowest BCUT2D eigenvalue weighted by molar-refractivity contribution is -0.0820. The van der Waals surface area contributed by atoms with E-state index in [2.05, 4.69) is 9.97 Å². The predicted octanol–water partition coefficient (Wildman–Crippen LogP) is 3.01. The molecule has 0 aliphatic carbocycles. The highest BCUT2D eigenvalue weighted by atomic mass is 16.5. The van der Waals surface area contributed by atoms with Gasteiger partial charge in [-0.3, -0.25) is 14.9 Å². The first-order valence-corrected chi connectivity index (χ1v) is 10.1. The van der Waals surface area contributed by atoms with Crippen molar-refractivity contribution in [2.75, 3.05) is 19.7 Å². The standard InChI is InChI=1S/C23H27N3O3/c1-17-4-5-18-15-20(6-7-21(18)25-17)29-14-8-22(27)26-12-9-23(28,10-13-26)19-3-2-11-24-16-19/h2-7,11,15-16,22,27-28H,8-10,12-14H2,1H3/t22-/m1/s1. The number of aliphatic hydroxyl groups is 2. The van der Waals surface area contributed by atoms with Gasteiger partial charge in [-0.1, -0.05) is 12.1 Å². The van der Waals surface area contributed by atoms with E-state index in [9.17, 15) is 10.2 Å². The van der Waals surface area contributed by atoms with Crippen molar-refractivity contribution in [1.29, 1.82) is 0 Å². The van der Waals surface area contributed by atoms with Gasteiger partial charge in [0.25, 0.3) is 0 Å². The van der Waals surface area contributed by atoms with Gasteiger partial charge in [0.2, 0.25) is 0 Å². The number of fused-ring (bicyclic) bond motifs is 1. The van der Waals surface area contributed by atoms with Crippen molar-refractivity contribution < 1.29 is 14.9 Å². The van der Waals surface area contributed by atoms with Crippen molar-refractivity contribution in [2.45, 2.75) is 38.0 Å². The van der Waals surface area contributed by atoms with E-state index in [0.717, 1.165) is 27.9 Å². The van der Waals surface area contributed by atoms with Crippen LogP contribution < -0.4 is 4.74 Å². The van der Waals surface area contributed by atoms with Crippen LogP contribution in [0.25, 0.3) is 10.9 Å². The van der Waals surface area contributed by atoms with Crippen LogP contribution in [-0.4, -0.2) is 51.0 Å². The van der Waals surface area contributed by atoms with E-state index < -0.39 is 11.8 Å². The lowest BCUT2D eigenvalue weighted by Gasteiger charge is -2.40. The zero-order valence-corrected chi connectivity index (χ0v) is 16.7. The second-order valence-corrected chi connectivity index (χ2v) is 7.73. The van der Waals surface area contributed by atoms with Gasteiger partial charge < -0.3 is 14.9 Å². The number of hydrogen-bond donors (Lipinski definition) is 2. The Hall–Kier alpha value is -2.54. The summed E-state index contributed by atoms with van der Waals surface area (Å²) in [5.41, 5.74) is 1.93. The average Bonchev–Trinajstić information content (AvgIpc) is 2.75. The summed E-state index contributed by atoms with van der Waals surface area (Å²) >= 11 is 0. The fourth-order valence-electron chi connectivity index (χ4n) is 3.88. The molecule has 6 heteroatoms. The normalized spacial score (nSPS) is 17.9. The molecule has 1 atom stereocenters. The zero-order valence-electron chi connectivity index (χ0n) is 16.7. The number of ether oxygens (including phenoxy) is 1. The van der Waals surface area contributed by atoms with Gasteiger partial charge in [-0.05, 0) is 50.1 Å². The van der Waals surface area contributed by atoms with Crippen LogP contribution in [0.4, 0.5) is 0 Å². The molecule has 2 aromatic heterocycles. The number of piperidine rings is 1. The Balaban J connectivity index is 1.27. The quantitative estimate of drug-likeness (QED) is 0.670. The van der Waals surface area contributed by atoms with Gasteiger partial charge in [-0.15, -0.1) is 0 Å². The van der Waals surface area contributed by atoms with E-state index in [-0.39, 0.29) is 0 Å². The Labute approximate surface area is 170 Å². The van der Waals surface area contributed by atoms with Gasteiger partial charge in [0.1, 0.15) is 12.0 Å². The number of nitrogens with zero attached hydrogens (tertiary/aromatic N) is 3. The minimum atomic E-state index is -0.863. The highest BCUT2D eigenvalue weighted by molar-refractivity contribution is 5.80. The van der Waals surface area contributed by atoms with E-state index >= 15 is 0 Å². The van der Waals surface area contributed by atoms with Gasteiger partial charge >= 0.3 is 0 Å². The smallest absolute Gasteiger partial charge is 0.120 e. The molecule has 1 fully saturated rings. The maximum Gasteiger partial charge on any atom is 0.120 e. The molecule has 2 N–H and O–H groups in total. The van der Waals surface area contributed by atoms with Crippen LogP contribution in [0.15, 0.2) is 54.9 Å². The fraction of sp³-hybridized carbons (Fsp3) is 0.391. The molecule has 1 saturated heterocycles. The molecule has 0 spiro atoms. The number of hydrogen-bond acceptors (Lipinski definition) is 6. The van der Waals surface area contributed by atoms with E-state index in [0.29, 0.717) is 39.0 Å². The first-order chi connectivity index (χ1) is 14.0. The van der Waals surface area contributed by atoms with Crippen LogP contribution in [0.1, 0.15) is 30.5 Å². The van der Waals surface area contributed by atoms with Crippen molar-refractivity contribution in [3.63, 3.8) is 0 Å². The lowest BCUT2D eigenvalue weighted by atomic mass is 9.85. The van der Waals surface area contributed by atoms with E-state index in [4.69, 9.17) is 4.74 Å². The molecule has 3 aromatic rings. The molecule has 3 heterocycles. The molecule has 1 aliphatic rings. The third kappa shape index (κ3) is 4.56. The summed E-state index contributed by atoms with van der Waals surface area (Å²) in [7, 11) is 0. The SMILES string of the molecule is Cc1ccc2cc(OCC[C@@H](O)N3CCC(O)(c4cccnc4)CC3)ccc2n1. The molecule has 0 bridgehead atoms. The highest BCUT2D eigenvalue weighted by Crippen LogP contribution is 2.33. The molecule has 0 radical (unpaired) electrons. The zero-order chi connectivity index (χ0) is 20.3. The van der Waals surface area contributed by atoms with Crippen molar-refractivity contribution in [2.24, 2.45) is 0 Å². The van der Waals surface area contributed by atoms with Crippen LogP contribution in [0.2, 0.25) is 0 Å². The Morgan fingerprint density at radius 3 is 2.76 bits per heavy atom. The molecule has 0 unspecified atom stereocenters. The summed E-state index contributed by atoms with van der Waals surface area (Å²) in [5, 5.41) is 22.5. The lowest BCUT2D eigenvalue weighted by Crippen LogP contribution is -2.47. The molecular weight excluding hydrogens is 366 g/mol. The van der Waals surface area contributed by atoms with E-state index in [1.165, 1.54) is 0 Å². The Morgan fingerprint density at radius 1 is 1.17 bits per heavy atom. The van der Waals surface area contributed by atoms with E-state index in [1.54, 1.807) is 12.4 Å². The van der Waals surface area contributed by atoms with Gasteiger partial charge in [0.05, 0.1) is 17.7 Å². The monoisotopic (exact) mass is 393 g/mol. The predicted molar refractivity (Wildman–Crippen MR) is 112 cm³/mol. The summed E-state index contributed by atoms with van der Waals surface area (Å²) < 4.78 is 5.84. The molecule has 6 nitrogen and oxygen atoms in total. The third-order valence-electron chi connectivity index (χ3n) is 5.69. The molecule has 1 aliphatic heterocycles. The number of rotatable bonds is 6. The van der Waals surface area contributed by atoms with Crippen LogP contribution in [0, 0.1) is 6.92 Å². The number of aryl methyl sites for hydroxylation is 1.